The zero-order valence-electron chi connectivity index (χ0n) is 9.58. The molecule has 2 aromatic rings. The highest BCUT2D eigenvalue weighted by atomic mass is 16.3. The molecule has 0 bridgehead atoms. The highest BCUT2D eigenvalue weighted by Gasteiger charge is 2.13. The predicted octanol–water partition coefficient (Wildman–Crippen LogP) is 2.91. The lowest BCUT2D eigenvalue weighted by atomic mass is 9.89. The van der Waals surface area contributed by atoms with E-state index >= 15 is 0 Å². The molecular formula is C15H16O2. The van der Waals surface area contributed by atoms with Crippen molar-refractivity contribution in [3.05, 3.63) is 65.7 Å². The van der Waals surface area contributed by atoms with Crippen molar-refractivity contribution in [1.82, 2.24) is 0 Å². The summed E-state index contributed by atoms with van der Waals surface area (Å²) in [6.45, 7) is 0.134. The molecule has 0 fully saturated rings. The van der Waals surface area contributed by atoms with Crippen molar-refractivity contribution in [2.24, 2.45) is 0 Å². The van der Waals surface area contributed by atoms with Crippen molar-refractivity contribution in [2.75, 3.05) is 6.61 Å². The third-order valence-corrected chi connectivity index (χ3v) is 2.89. The van der Waals surface area contributed by atoms with Crippen molar-refractivity contribution in [2.45, 2.75) is 12.3 Å². The Labute approximate surface area is 101 Å². The molecular weight excluding hydrogens is 212 g/mol. The van der Waals surface area contributed by atoms with E-state index < -0.39 is 0 Å². The van der Waals surface area contributed by atoms with Gasteiger partial charge in [0.1, 0.15) is 5.75 Å². The molecule has 0 saturated carbocycles. The van der Waals surface area contributed by atoms with Crippen LogP contribution in [0.4, 0.5) is 0 Å². The zero-order chi connectivity index (χ0) is 12.1. The van der Waals surface area contributed by atoms with Crippen molar-refractivity contribution in [3.63, 3.8) is 0 Å². The summed E-state index contributed by atoms with van der Waals surface area (Å²) < 4.78 is 0. The van der Waals surface area contributed by atoms with Crippen molar-refractivity contribution >= 4 is 0 Å². The summed E-state index contributed by atoms with van der Waals surface area (Å²) in [6.07, 6.45) is 0.660. The smallest absolute Gasteiger partial charge is 0.115 e. The van der Waals surface area contributed by atoms with Gasteiger partial charge in [0.05, 0.1) is 0 Å². The normalized spacial score (nSPS) is 12.3. The number of aliphatic hydroxyl groups is 1. The van der Waals surface area contributed by atoms with Gasteiger partial charge in [0.15, 0.2) is 0 Å². The first-order valence-corrected chi connectivity index (χ1v) is 5.76. The van der Waals surface area contributed by atoms with E-state index in [9.17, 15) is 5.11 Å². The Morgan fingerprint density at radius 3 is 2.24 bits per heavy atom. The van der Waals surface area contributed by atoms with Crippen LogP contribution in [0, 0.1) is 0 Å². The van der Waals surface area contributed by atoms with Crippen LogP contribution >= 0.6 is 0 Å². The SMILES string of the molecule is OCCC(c1ccccc1)c1cccc(O)c1. The second-order valence-corrected chi connectivity index (χ2v) is 4.07. The molecule has 1 atom stereocenters. The highest BCUT2D eigenvalue weighted by molar-refractivity contribution is 5.36. The molecule has 0 aromatic heterocycles. The zero-order valence-corrected chi connectivity index (χ0v) is 9.58. The number of hydrogen-bond acceptors (Lipinski definition) is 2. The summed E-state index contributed by atoms with van der Waals surface area (Å²) in [6, 6.07) is 17.3. The molecule has 17 heavy (non-hydrogen) atoms. The van der Waals surface area contributed by atoms with Gasteiger partial charge in [-0.15, -0.1) is 0 Å². The molecule has 0 heterocycles. The second-order valence-electron chi connectivity index (χ2n) is 4.07. The summed E-state index contributed by atoms with van der Waals surface area (Å²) in [5.41, 5.74) is 2.19. The van der Waals surface area contributed by atoms with Gasteiger partial charge in [0.2, 0.25) is 0 Å². The third kappa shape index (κ3) is 2.86. The molecule has 2 heteroatoms. The average molecular weight is 228 g/mol. The van der Waals surface area contributed by atoms with Gasteiger partial charge in [-0.25, -0.2) is 0 Å². The van der Waals surface area contributed by atoms with Gasteiger partial charge in [0, 0.05) is 12.5 Å². The number of hydrogen-bond donors (Lipinski definition) is 2. The Balaban J connectivity index is 2.35. The van der Waals surface area contributed by atoms with E-state index in [4.69, 9.17) is 5.11 Å². The maximum Gasteiger partial charge on any atom is 0.115 e. The standard InChI is InChI=1S/C15H16O2/c16-10-9-15(12-5-2-1-3-6-12)13-7-4-8-14(17)11-13/h1-8,11,15-17H,9-10H2. The molecule has 1 unspecified atom stereocenters. The molecule has 0 radical (unpaired) electrons. The monoisotopic (exact) mass is 228 g/mol. The fraction of sp³-hybridized carbons (Fsp3) is 0.200. The first-order valence-electron chi connectivity index (χ1n) is 5.76. The van der Waals surface area contributed by atoms with Gasteiger partial charge in [-0.3, -0.25) is 0 Å². The average Bonchev–Trinajstić information content (AvgIpc) is 2.37. The lowest BCUT2D eigenvalue weighted by Gasteiger charge is -2.17. The minimum absolute atomic E-state index is 0.133. The minimum atomic E-state index is 0.133. The van der Waals surface area contributed by atoms with E-state index in [2.05, 4.69) is 0 Å². The topological polar surface area (TPSA) is 40.5 Å². The number of benzene rings is 2. The van der Waals surface area contributed by atoms with Crippen LogP contribution in [0.1, 0.15) is 23.5 Å². The molecule has 0 aliphatic rings. The number of aliphatic hydroxyl groups excluding tert-OH is 1. The molecule has 88 valence electrons. The summed E-state index contributed by atoms with van der Waals surface area (Å²) >= 11 is 0. The van der Waals surface area contributed by atoms with E-state index in [1.807, 2.05) is 42.5 Å². The van der Waals surface area contributed by atoms with Crippen LogP contribution in [0.25, 0.3) is 0 Å². The fourth-order valence-corrected chi connectivity index (χ4v) is 2.08. The van der Waals surface area contributed by atoms with Gasteiger partial charge in [-0.05, 0) is 29.7 Å². The van der Waals surface area contributed by atoms with Crippen LogP contribution in [0.2, 0.25) is 0 Å². The van der Waals surface area contributed by atoms with Gasteiger partial charge in [0.25, 0.3) is 0 Å². The second kappa shape index (κ2) is 5.51. The lowest BCUT2D eigenvalue weighted by Crippen LogP contribution is -2.03. The van der Waals surface area contributed by atoms with Crippen LogP contribution < -0.4 is 0 Å². The van der Waals surface area contributed by atoms with Crippen molar-refractivity contribution in [3.8, 4) is 5.75 Å². The lowest BCUT2D eigenvalue weighted by molar-refractivity contribution is 0.281. The van der Waals surface area contributed by atoms with E-state index in [0.717, 1.165) is 11.1 Å². The highest BCUT2D eigenvalue weighted by Crippen LogP contribution is 2.29. The Morgan fingerprint density at radius 1 is 0.882 bits per heavy atom. The molecule has 2 N–H and O–H groups in total. The van der Waals surface area contributed by atoms with Crippen LogP contribution in [0.3, 0.4) is 0 Å². The summed E-state index contributed by atoms with van der Waals surface area (Å²) in [4.78, 5) is 0. The largest absolute Gasteiger partial charge is 0.508 e. The van der Waals surface area contributed by atoms with Crippen LogP contribution in [0.5, 0.6) is 5.75 Å². The van der Waals surface area contributed by atoms with E-state index in [-0.39, 0.29) is 18.3 Å². The molecule has 0 saturated heterocycles. The van der Waals surface area contributed by atoms with Crippen molar-refractivity contribution in [1.29, 1.82) is 0 Å². The molecule has 0 aliphatic carbocycles. The van der Waals surface area contributed by atoms with E-state index in [1.54, 1.807) is 12.1 Å². The third-order valence-electron chi connectivity index (χ3n) is 2.89. The van der Waals surface area contributed by atoms with Gasteiger partial charge in [-0.1, -0.05) is 42.5 Å². The van der Waals surface area contributed by atoms with E-state index in [1.165, 1.54) is 0 Å². The molecule has 2 aromatic carbocycles. The number of rotatable bonds is 4. The maximum absolute atomic E-state index is 9.51. The molecule has 2 rings (SSSR count). The quantitative estimate of drug-likeness (QED) is 0.844. The Kier molecular flexibility index (Phi) is 3.78. The fourth-order valence-electron chi connectivity index (χ4n) is 2.08. The number of aromatic hydroxyl groups is 1. The summed E-state index contributed by atoms with van der Waals surface area (Å²) in [7, 11) is 0. The summed E-state index contributed by atoms with van der Waals surface area (Å²) in [5.74, 6) is 0.398. The Morgan fingerprint density at radius 2 is 1.59 bits per heavy atom. The number of phenols is 1. The first kappa shape index (κ1) is 11.7. The van der Waals surface area contributed by atoms with Gasteiger partial charge in [-0.2, -0.15) is 0 Å². The van der Waals surface area contributed by atoms with E-state index in [0.29, 0.717) is 6.42 Å². The van der Waals surface area contributed by atoms with Crippen LogP contribution in [0.15, 0.2) is 54.6 Å². The van der Waals surface area contributed by atoms with Crippen molar-refractivity contribution < 1.29 is 10.2 Å². The molecule has 0 spiro atoms. The number of phenolic OH excluding ortho intramolecular Hbond substituents is 1. The molecule has 2 nitrogen and oxygen atoms in total. The van der Waals surface area contributed by atoms with Gasteiger partial charge < -0.3 is 10.2 Å². The maximum atomic E-state index is 9.51. The Hall–Kier alpha value is -1.80. The predicted molar refractivity (Wildman–Crippen MR) is 68.1 cm³/mol. The minimum Gasteiger partial charge on any atom is -0.508 e. The molecule has 0 aliphatic heterocycles. The molecule has 0 amide bonds. The Bertz CT molecular complexity index is 465. The van der Waals surface area contributed by atoms with Gasteiger partial charge >= 0.3 is 0 Å². The van der Waals surface area contributed by atoms with Crippen LogP contribution in [-0.4, -0.2) is 16.8 Å². The van der Waals surface area contributed by atoms with Crippen LogP contribution in [-0.2, 0) is 0 Å². The first-order chi connectivity index (χ1) is 8.31. The summed E-state index contributed by atoms with van der Waals surface area (Å²) in [5, 5.41) is 18.7.